The van der Waals surface area contributed by atoms with Gasteiger partial charge >= 0.3 is 0 Å². The molecule has 8 heteroatoms. The van der Waals surface area contributed by atoms with E-state index in [1.807, 2.05) is 0 Å². The minimum Gasteiger partial charge on any atom is -0.319 e. The predicted molar refractivity (Wildman–Crippen MR) is 128 cm³/mol. The lowest BCUT2D eigenvalue weighted by atomic mass is 9.97. The summed E-state index contributed by atoms with van der Waals surface area (Å²) in [6.07, 6.45) is 3.89. The molecular formula is C24H30ClN5O2. The Bertz CT molecular complexity index is 994. The number of benzene rings is 1. The molecule has 1 atom stereocenters. The Balaban J connectivity index is 1.60. The normalized spacial score (nSPS) is 18.7. The topological polar surface area (TPSA) is 68.8 Å². The zero-order valence-corrected chi connectivity index (χ0v) is 19.4. The lowest BCUT2D eigenvalue weighted by Crippen LogP contribution is -2.45. The number of anilines is 3. The number of nitrogens with one attached hydrogen (secondary N) is 1. The summed E-state index contributed by atoms with van der Waals surface area (Å²) >= 11 is 6.26. The lowest BCUT2D eigenvalue weighted by molar-refractivity contribution is -0.119. The molecule has 0 radical (unpaired) electrons. The smallest absolute Gasteiger partial charge is 0.257 e. The summed E-state index contributed by atoms with van der Waals surface area (Å²) in [7, 11) is 0. The molecule has 7 nitrogen and oxygen atoms in total. The molecule has 1 unspecified atom stereocenters. The molecule has 2 aliphatic rings. The van der Waals surface area contributed by atoms with Crippen LogP contribution in [0, 0.1) is 5.92 Å². The van der Waals surface area contributed by atoms with E-state index in [1.165, 1.54) is 6.42 Å². The maximum absolute atomic E-state index is 13.7. The molecule has 32 heavy (non-hydrogen) atoms. The Labute approximate surface area is 194 Å². The first kappa shape index (κ1) is 22.7. The van der Waals surface area contributed by atoms with Crippen LogP contribution in [-0.2, 0) is 4.79 Å². The van der Waals surface area contributed by atoms with Crippen molar-refractivity contribution in [3.8, 4) is 0 Å². The van der Waals surface area contributed by atoms with Gasteiger partial charge in [-0.1, -0.05) is 25.4 Å². The number of aromatic nitrogens is 1. The zero-order chi connectivity index (χ0) is 22.7. The van der Waals surface area contributed by atoms with E-state index in [2.05, 4.69) is 33.9 Å². The standard InChI is InChI=1S/C24H30ClN5O2/c1-3-28(4-2)14-17-7-6-12-29(15-17)16-22(31)30-21-13-18(25)9-10-19(21)24(32)27-20-8-5-11-26-23(20)30/h5,8-11,13,17H,3-4,6-7,12,14-16H2,1-2H3,(H,27,32). The van der Waals surface area contributed by atoms with E-state index in [0.29, 0.717) is 33.7 Å². The van der Waals surface area contributed by atoms with Crippen LogP contribution in [0.5, 0.6) is 0 Å². The van der Waals surface area contributed by atoms with Crippen LogP contribution < -0.4 is 10.2 Å². The van der Waals surface area contributed by atoms with Crippen molar-refractivity contribution in [2.75, 3.05) is 49.5 Å². The number of nitrogens with zero attached hydrogens (tertiary/aromatic N) is 4. The summed E-state index contributed by atoms with van der Waals surface area (Å²) < 4.78 is 0. The first-order chi connectivity index (χ1) is 15.5. The highest BCUT2D eigenvalue weighted by molar-refractivity contribution is 6.31. The van der Waals surface area contributed by atoms with Gasteiger partial charge in [-0.05, 0) is 68.7 Å². The van der Waals surface area contributed by atoms with Gasteiger partial charge in [-0.3, -0.25) is 19.4 Å². The van der Waals surface area contributed by atoms with Crippen LogP contribution in [0.1, 0.15) is 37.0 Å². The number of rotatable bonds is 6. The number of hydrogen-bond donors (Lipinski definition) is 1. The Morgan fingerprint density at radius 3 is 2.88 bits per heavy atom. The Kier molecular flexibility index (Phi) is 7.08. The molecule has 2 amide bonds. The minimum atomic E-state index is -0.279. The second-order valence-corrected chi connectivity index (χ2v) is 8.88. The summed E-state index contributed by atoms with van der Waals surface area (Å²) in [5.41, 5.74) is 1.38. The number of pyridine rings is 1. The SMILES string of the molecule is CCN(CC)CC1CCCN(CC(=O)N2c3cc(Cl)ccc3C(=O)Nc3cccnc32)C1. The van der Waals surface area contributed by atoms with Gasteiger partial charge in [0.05, 0.1) is 23.5 Å². The quantitative estimate of drug-likeness (QED) is 0.712. The molecule has 0 bridgehead atoms. The van der Waals surface area contributed by atoms with Crippen LogP contribution in [0.2, 0.25) is 5.02 Å². The monoisotopic (exact) mass is 455 g/mol. The fourth-order valence-electron chi connectivity index (χ4n) is 4.66. The molecule has 0 saturated carbocycles. The average Bonchev–Trinajstić information content (AvgIpc) is 2.90. The molecule has 3 heterocycles. The number of fused-ring (bicyclic) bond motifs is 2. The van der Waals surface area contributed by atoms with Crippen molar-refractivity contribution in [3.05, 3.63) is 47.1 Å². The highest BCUT2D eigenvalue weighted by Crippen LogP contribution is 2.37. The second kappa shape index (κ2) is 9.98. The largest absolute Gasteiger partial charge is 0.319 e. The van der Waals surface area contributed by atoms with Gasteiger partial charge in [-0.25, -0.2) is 4.98 Å². The fraction of sp³-hybridized carbons (Fsp3) is 0.458. The van der Waals surface area contributed by atoms with Crippen molar-refractivity contribution < 1.29 is 9.59 Å². The first-order valence-corrected chi connectivity index (χ1v) is 11.7. The third-order valence-corrected chi connectivity index (χ3v) is 6.55. The van der Waals surface area contributed by atoms with Gasteiger partial charge in [0.15, 0.2) is 5.82 Å². The summed E-state index contributed by atoms with van der Waals surface area (Å²) in [6, 6.07) is 8.48. The summed E-state index contributed by atoms with van der Waals surface area (Å²) in [6.45, 7) is 9.58. The molecule has 2 aliphatic heterocycles. The number of halogens is 1. The van der Waals surface area contributed by atoms with Crippen LogP contribution in [-0.4, -0.2) is 65.9 Å². The van der Waals surface area contributed by atoms with E-state index < -0.39 is 0 Å². The van der Waals surface area contributed by atoms with E-state index in [9.17, 15) is 9.59 Å². The molecule has 0 aliphatic carbocycles. The number of amides is 2. The highest BCUT2D eigenvalue weighted by Gasteiger charge is 2.32. The van der Waals surface area contributed by atoms with E-state index in [-0.39, 0.29) is 18.4 Å². The average molecular weight is 456 g/mol. The maximum atomic E-state index is 13.7. The molecule has 0 spiro atoms. The minimum absolute atomic E-state index is 0.117. The van der Waals surface area contributed by atoms with Gasteiger partial charge in [0, 0.05) is 24.3 Å². The van der Waals surface area contributed by atoms with Crippen molar-refractivity contribution in [1.29, 1.82) is 0 Å². The summed E-state index contributed by atoms with van der Waals surface area (Å²) in [5.74, 6) is 0.575. The molecule has 1 saturated heterocycles. The van der Waals surface area contributed by atoms with Crippen molar-refractivity contribution in [2.45, 2.75) is 26.7 Å². The van der Waals surface area contributed by atoms with Crippen LogP contribution in [0.15, 0.2) is 36.5 Å². The van der Waals surface area contributed by atoms with Crippen LogP contribution >= 0.6 is 11.6 Å². The van der Waals surface area contributed by atoms with Crippen molar-refractivity contribution in [1.82, 2.24) is 14.8 Å². The zero-order valence-electron chi connectivity index (χ0n) is 18.7. The fourth-order valence-corrected chi connectivity index (χ4v) is 4.83. The lowest BCUT2D eigenvalue weighted by Gasteiger charge is -2.35. The summed E-state index contributed by atoms with van der Waals surface area (Å²) in [5, 5.41) is 3.33. The molecular weight excluding hydrogens is 426 g/mol. The number of hydrogen-bond acceptors (Lipinski definition) is 5. The molecule has 1 aromatic heterocycles. The molecule has 1 fully saturated rings. The van der Waals surface area contributed by atoms with Crippen LogP contribution in [0.25, 0.3) is 0 Å². The van der Waals surface area contributed by atoms with Gasteiger partial charge in [0.1, 0.15) is 0 Å². The molecule has 4 rings (SSSR count). The third kappa shape index (κ3) is 4.80. The number of likely N-dealkylation sites (tertiary alicyclic amines) is 1. The van der Waals surface area contributed by atoms with Crippen molar-refractivity contribution >= 4 is 40.6 Å². The predicted octanol–water partition coefficient (Wildman–Crippen LogP) is 4.02. The third-order valence-electron chi connectivity index (χ3n) is 6.31. The van der Waals surface area contributed by atoms with E-state index in [4.69, 9.17) is 11.6 Å². The number of piperidine rings is 1. The number of carbonyl (C=O) groups excluding carboxylic acids is 2. The Morgan fingerprint density at radius 2 is 2.09 bits per heavy atom. The maximum Gasteiger partial charge on any atom is 0.257 e. The number of carbonyl (C=O) groups is 2. The van der Waals surface area contributed by atoms with E-state index in [0.717, 1.165) is 39.1 Å². The van der Waals surface area contributed by atoms with E-state index in [1.54, 1.807) is 41.4 Å². The molecule has 1 aromatic carbocycles. The molecule has 170 valence electrons. The first-order valence-electron chi connectivity index (χ1n) is 11.3. The van der Waals surface area contributed by atoms with Crippen LogP contribution in [0.4, 0.5) is 17.2 Å². The Morgan fingerprint density at radius 1 is 1.28 bits per heavy atom. The van der Waals surface area contributed by atoms with Crippen molar-refractivity contribution in [3.63, 3.8) is 0 Å². The summed E-state index contributed by atoms with van der Waals surface area (Å²) in [4.78, 5) is 37.1. The van der Waals surface area contributed by atoms with Gasteiger partial charge in [0.2, 0.25) is 5.91 Å². The van der Waals surface area contributed by atoms with Gasteiger partial charge < -0.3 is 10.2 Å². The molecule has 2 aromatic rings. The Hall–Kier alpha value is -2.48. The van der Waals surface area contributed by atoms with Gasteiger partial charge in [-0.15, -0.1) is 0 Å². The highest BCUT2D eigenvalue weighted by atomic mass is 35.5. The van der Waals surface area contributed by atoms with Crippen LogP contribution in [0.3, 0.4) is 0 Å². The molecule has 1 N–H and O–H groups in total. The second-order valence-electron chi connectivity index (χ2n) is 8.45. The van der Waals surface area contributed by atoms with E-state index >= 15 is 0 Å². The van der Waals surface area contributed by atoms with Gasteiger partial charge in [0.25, 0.3) is 5.91 Å². The van der Waals surface area contributed by atoms with Gasteiger partial charge in [-0.2, -0.15) is 0 Å². The van der Waals surface area contributed by atoms with Crippen molar-refractivity contribution in [2.24, 2.45) is 5.92 Å².